The van der Waals surface area contributed by atoms with Crippen LogP contribution in [-0.4, -0.2) is 35.7 Å². The third kappa shape index (κ3) is 4.97. The molecule has 1 aromatic carbocycles. The summed E-state index contributed by atoms with van der Waals surface area (Å²) in [6, 6.07) is 4.23. The Kier molecular flexibility index (Phi) is 7.02. The van der Waals surface area contributed by atoms with E-state index in [1.54, 1.807) is 6.26 Å². The van der Waals surface area contributed by atoms with E-state index in [2.05, 4.69) is 19.2 Å². The van der Waals surface area contributed by atoms with Gasteiger partial charge < -0.3 is 10.1 Å². The second-order valence-corrected chi connectivity index (χ2v) is 7.51. The van der Waals surface area contributed by atoms with Crippen LogP contribution in [0.4, 0.5) is 5.69 Å². The average molecular weight is 380 g/mol. The van der Waals surface area contributed by atoms with Gasteiger partial charge in [0.05, 0.1) is 15.4 Å². The van der Waals surface area contributed by atoms with Crippen molar-refractivity contribution in [3.63, 3.8) is 0 Å². The lowest BCUT2D eigenvalue weighted by Crippen LogP contribution is -2.45. The molecule has 1 aliphatic carbocycles. The van der Waals surface area contributed by atoms with Gasteiger partial charge >= 0.3 is 5.97 Å². The molecule has 0 unspecified atom stereocenters. The summed E-state index contributed by atoms with van der Waals surface area (Å²) in [6.07, 6.45) is 4.88. The molecule has 0 aromatic heterocycles. The van der Waals surface area contributed by atoms with Crippen LogP contribution in [0.3, 0.4) is 0 Å². The van der Waals surface area contributed by atoms with Crippen LogP contribution < -0.4 is 5.32 Å². The molecular formula is C18H24N2O5S. The molecule has 1 fully saturated rings. The van der Waals surface area contributed by atoms with Crippen molar-refractivity contribution in [2.45, 2.75) is 44.0 Å². The highest BCUT2D eigenvalue weighted by atomic mass is 32.2. The number of hydrogen-bond donors (Lipinski definition) is 1. The molecule has 0 saturated heterocycles. The van der Waals surface area contributed by atoms with Crippen molar-refractivity contribution in [1.29, 1.82) is 0 Å². The summed E-state index contributed by atoms with van der Waals surface area (Å²) < 4.78 is 5.02. The maximum absolute atomic E-state index is 12.1. The maximum atomic E-state index is 12.1. The van der Waals surface area contributed by atoms with Gasteiger partial charge in [0.15, 0.2) is 6.61 Å². The predicted octanol–water partition coefficient (Wildman–Crippen LogP) is 3.41. The summed E-state index contributed by atoms with van der Waals surface area (Å²) in [6.45, 7) is 3.90. The van der Waals surface area contributed by atoms with Gasteiger partial charge in [0.1, 0.15) is 0 Å². The molecule has 0 bridgehead atoms. The molecule has 1 aliphatic rings. The number of nitro groups is 1. The van der Waals surface area contributed by atoms with Crippen molar-refractivity contribution in [2.75, 3.05) is 12.9 Å². The van der Waals surface area contributed by atoms with E-state index in [4.69, 9.17) is 4.74 Å². The van der Waals surface area contributed by atoms with E-state index in [-0.39, 0.29) is 23.2 Å². The minimum Gasteiger partial charge on any atom is -0.452 e. The second kappa shape index (κ2) is 9.02. The van der Waals surface area contributed by atoms with E-state index in [0.29, 0.717) is 16.7 Å². The number of carbonyl (C=O) groups is 2. The highest BCUT2D eigenvalue weighted by molar-refractivity contribution is 7.98. The maximum Gasteiger partial charge on any atom is 0.338 e. The third-order valence-electron chi connectivity index (χ3n) is 5.00. The normalized spacial score (nSPS) is 22.5. The zero-order valence-corrected chi connectivity index (χ0v) is 16.0. The quantitative estimate of drug-likeness (QED) is 0.351. The zero-order valence-electron chi connectivity index (χ0n) is 15.2. The Hall–Kier alpha value is -2.09. The zero-order chi connectivity index (χ0) is 19.3. The first-order valence-corrected chi connectivity index (χ1v) is 9.85. The molecule has 0 aliphatic heterocycles. The Bertz CT molecular complexity index is 694. The molecule has 1 N–H and O–H groups in total. The first-order valence-electron chi connectivity index (χ1n) is 8.62. The minimum atomic E-state index is -0.749. The van der Waals surface area contributed by atoms with Gasteiger partial charge in [0.25, 0.3) is 11.6 Å². The molecule has 142 valence electrons. The summed E-state index contributed by atoms with van der Waals surface area (Å²) in [4.78, 5) is 35.2. The molecular weight excluding hydrogens is 356 g/mol. The van der Waals surface area contributed by atoms with Crippen LogP contribution in [0.5, 0.6) is 0 Å². The van der Waals surface area contributed by atoms with Crippen LogP contribution in [0.15, 0.2) is 23.1 Å². The molecule has 26 heavy (non-hydrogen) atoms. The lowest BCUT2D eigenvalue weighted by atomic mass is 9.78. The number of thioether (sulfide) groups is 1. The fourth-order valence-electron chi connectivity index (χ4n) is 3.21. The number of hydrogen-bond acceptors (Lipinski definition) is 6. The molecule has 7 nitrogen and oxygen atoms in total. The standard InChI is InChI=1S/C18H24N2O5S/c1-11-5-4-6-14(12(11)2)19-17(21)10-25-18(22)13-7-8-16(26-3)15(9-13)20(23)24/h7-9,11-12,14H,4-6,10H2,1-3H3,(H,19,21)/t11-,12-,14+/m1/s1. The topological polar surface area (TPSA) is 98.5 Å². The van der Waals surface area contributed by atoms with E-state index in [9.17, 15) is 19.7 Å². The van der Waals surface area contributed by atoms with Crippen LogP contribution in [0.2, 0.25) is 0 Å². The first-order chi connectivity index (χ1) is 12.3. The van der Waals surface area contributed by atoms with E-state index in [1.807, 2.05) is 0 Å². The van der Waals surface area contributed by atoms with Crippen LogP contribution >= 0.6 is 11.8 Å². The number of carbonyl (C=O) groups excluding carboxylic acids is 2. The van der Waals surface area contributed by atoms with E-state index < -0.39 is 17.5 Å². The van der Waals surface area contributed by atoms with E-state index >= 15 is 0 Å². The van der Waals surface area contributed by atoms with Crippen molar-refractivity contribution in [3.8, 4) is 0 Å². The number of nitrogens with zero attached hydrogens (tertiary/aromatic N) is 1. The fraction of sp³-hybridized carbons (Fsp3) is 0.556. The lowest BCUT2D eigenvalue weighted by Gasteiger charge is -2.34. The monoisotopic (exact) mass is 380 g/mol. The van der Waals surface area contributed by atoms with Crippen molar-refractivity contribution in [1.82, 2.24) is 5.32 Å². The Morgan fingerprint density at radius 3 is 2.73 bits per heavy atom. The van der Waals surface area contributed by atoms with Gasteiger partial charge in [-0.1, -0.05) is 26.7 Å². The van der Waals surface area contributed by atoms with Gasteiger partial charge in [-0.25, -0.2) is 4.79 Å². The third-order valence-corrected chi connectivity index (χ3v) is 5.78. The van der Waals surface area contributed by atoms with Crippen molar-refractivity contribution >= 4 is 29.3 Å². The Labute approximate surface area is 157 Å². The molecule has 0 spiro atoms. The van der Waals surface area contributed by atoms with Gasteiger partial charge in [-0.3, -0.25) is 14.9 Å². The van der Waals surface area contributed by atoms with Gasteiger partial charge in [-0.15, -0.1) is 11.8 Å². The number of benzene rings is 1. The van der Waals surface area contributed by atoms with Crippen LogP contribution in [0, 0.1) is 22.0 Å². The number of esters is 1. The summed E-state index contributed by atoms with van der Waals surface area (Å²) in [5.74, 6) is -0.169. The largest absolute Gasteiger partial charge is 0.452 e. The minimum absolute atomic E-state index is 0.0574. The molecule has 8 heteroatoms. The van der Waals surface area contributed by atoms with Crippen molar-refractivity contribution in [2.24, 2.45) is 11.8 Å². The molecule has 1 aromatic rings. The molecule has 1 amide bonds. The summed E-state index contributed by atoms with van der Waals surface area (Å²) >= 11 is 1.22. The Balaban J connectivity index is 1.93. The van der Waals surface area contributed by atoms with Crippen LogP contribution in [0.25, 0.3) is 0 Å². The smallest absolute Gasteiger partial charge is 0.338 e. The second-order valence-electron chi connectivity index (χ2n) is 6.66. The van der Waals surface area contributed by atoms with Crippen molar-refractivity contribution in [3.05, 3.63) is 33.9 Å². The summed E-state index contributed by atoms with van der Waals surface area (Å²) in [7, 11) is 0. The SMILES string of the molecule is CSc1ccc(C(=O)OCC(=O)N[C@H]2CCC[C@@H](C)[C@H]2C)cc1[N+](=O)[O-]. The highest BCUT2D eigenvalue weighted by Gasteiger charge is 2.28. The van der Waals surface area contributed by atoms with Gasteiger partial charge in [-0.2, -0.15) is 0 Å². The fourth-order valence-corrected chi connectivity index (χ4v) is 3.75. The van der Waals surface area contributed by atoms with Gasteiger partial charge in [0, 0.05) is 12.1 Å². The van der Waals surface area contributed by atoms with Crippen molar-refractivity contribution < 1.29 is 19.2 Å². The highest BCUT2D eigenvalue weighted by Crippen LogP contribution is 2.30. The molecule has 0 radical (unpaired) electrons. The summed E-state index contributed by atoms with van der Waals surface area (Å²) in [5, 5.41) is 14.0. The average Bonchev–Trinajstić information content (AvgIpc) is 2.62. The first kappa shape index (κ1) is 20.2. The Morgan fingerprint density at radius 2 is 2.08 bits per heavy atom. The number of nitrogens with one attached hydrogen (secondary N) is 1. The lowest BCUT2D eigenvalue weighted by molar-refractivity contribution is -0.387. The van der Waals surface area contributed by atoms with Gasteiger partial charge in [0.2, 0.25) is 0 Å². The molecule has 2 rings (SSSR count). The molecule has 0 heterocycles. The van der Waals surface area contributed by atoms with E-state index in [0.717, 1.165) is 19.3 Å². The number of nitro benzene ring substituents is 1. The van der Waals surface area contributed by atoms with Crippen LogP contribution in [-0.2, 0) is 9.53 Å². The number of ether oxygens (including phenoxy) is 1. The number of amides is 1. The van der Waals surface area contributed by atoms with Crippen LogP contribution in [0.1, 0.15) is 43.5 Å². The van der Waals surface area contributed by atoms with E-state index in [1.165, 1.54) is 30.0 Å². The number of rotatable bonds is 6. The molecule has 3 atom stereocenters. The van der Waals surface area contributed by atoms with Gasteiger partial charge in [-0.05, 0) is 36.6 Å². The molecule has 1 saturated carbocycles. The Morgan fingerprint density at radius 1 is 1.35 bits per heavy atom. The predicted molar refractivity (Wildman–Crippen MR) is 99.3 cm³/mol. The summed E-state index contributed by atoms with van der Waals surface area (Å²) in [5.41, 5.74) is -0.0941.